The van der Waals surface area contributed by atoms with E-state index in [9.17, 15) is 4.79 Å². The van der Waals surface area contributed by atoms with Crippen LogP contribution in [0, 0.1) is 6.92 Å². The lowest BCUT2D eigenvalue weighted by Gasteiger charge is -2.08. The van der Waals surface area contributed by atoms with Gasteiger partial charge in [-0.3, -0.25) is 4.79 Å². The highest BCUT2D eigenvalue weighted by Gasteiger charge is 2.06. The van der Waals surface area contributed by atoms with E-state index in [1.165, 1.54) is 5.56 Å². The molecule has 110 valence electrons. The number of hydrogen-bond acceptors (Lipinski definition) is 2. The van der Waals surface area contributed by atoms with Gasteiger partial charge in [-0.1, -0.05) is 53.0 Å². The molecule has 0 aliphatic carbocycles. The van der Waals surface area contributed by atoms with Gasteiger partial charge in [0.15, 0.2) is 0 Å². The van der Waals surface area contributed by atoms with Gasteiger partial charge in [-0.15, -0.1) is 0 Å². The lowest BCUT2D eigenvalue weighted by Crippen LogP contribution is -2.27. The van der Waals surface area contributed by atoms with Crippen LogP contribution in [-0.4, -0.2) is 12.5 Å². The molecular formula is C16H16Cl2N2O. The molecule has 0 spiro atoms. The molecule has 2 aromatic rings. The predicted octanol–water partition coefficient (Wildman–Crippen LogP) is 4.03. The number of rotatable bonds is 5. The van der Waals surface area contributed by atoms with Gasteiger partial charge in [-0.05, 0) is 30.7 Å². The van der Waals surface area contributed by atoms with Gasteiger partial charge in [0, 0.05) is 11.6 Å². The molecule has 0 bridgehead atoms. The summed E-state index contributed by atoms with van der Waals surface area (Å²) in [5, 5.41) is 6.79. The number of aryl methyl sites for hydroxylation is 1. The van der Waals surface area contributed by atoms with Crippen LogP contribution < -0.4 is 10.6 Å². The summed E-state index contributed by atoms with van der Waals surface area (Å²) in [4.78, 5) is 11.8. The molecule has 0 aliphatic rings. The van der Waals surface area contributed by atoms with Crippen molar-refractivity contribution in [1.82, 2.24) is 5.32 Å². The molecule has 0 aliphatic heterocycles. The van der Waals surface area contributed by atoms with Gasteiger partial charge in [-0.2, -0.15) is 0 Å². The van der Waals surface area contributed by atoms with Crippen molar-refractivity contribution in [2.75, 3.05) is 11.9 Å². The first-order chi connectivity index (χ1) is 10.0. The smallest absolute Gasteiger partial charge is 0.238 e. The van der Waals surface area contributed by atoms with Crippen LogP contribution in [0.1, 0.15) is 11.1 Å². The third-order valence-electron chi connectivity index (χ3n) is 2.94. The van der Waals surface area contributed by atoms with Crippen molar-refractivity contribution in [2.45, 2.75) is 13.5 Å². The van der Waals surface area contributed by atoms with Crippen LogP contribution in [-0.2, 0) is 11.3 Å². The van der Waals surface area contributed by atoms with Crippen molar-refractivity contribution in [3.8, 4) is 0 Å². The quantitative estimate of drug-likeness (QED) is 0.872. The Hall–Kier alpha value is -1.55. The number of carbonyl (C=O) groups excluding carboxylic acids is 1. The van der Waals surface area contributed by atoms with Crippen molar-refractivity contribution in [2.24, 2.45) is 0 Å². The molecule has 0 radical (unpaired) electrons. The van der Waals surface area contributed by atoms with Crippen molar-refractivity contribution in [3.63, 3.8) is 0 Å². The van der Waals surface area contributed by atoms with Crippen LogP contribution in [0.25, 0.3) is 0 Å². The zero-order valence-electron chi connectivity index (χ0n) is 11.6. The average molecular weight is 323 g/mol. The zero-order valence-corrected chi connectivity index (χ0v) is 13.1. The Bertz CT molecular complexity index is 627. The maximum Gasteiger partial charge on any atom is 0.238 e. The van der Waals surface area contributed by atoms with Gasteiger partial charge >= 0.3 is 0 Å². The molecule has 2 N–H and O–H groups in total. The molecule has 2 rings (SSSR count). The summed E-state index contributed by atoms with van der Waals surface area (Å²) in [6.07, 6.45) is 0. The van der Waals surface area contributed by atoms with Crippen LogP contribution in [0.3, 0.4) is 0 Å². The Morgan fingerprint density at radius 2 is 1.81 bits per heavy atom. The molecule has 3 nitrogen and oxygen atoms in total. The molecule has 0 saturated carbocycles. The first kappa shape index (κ1) is 15.8. The monoisotopic (exact) mass is 322 g/mol. The van der Waals surface area contributed by atoms with E-state index >= 15 is 0 Å². The fourth-order valence-electron chi connectivity index (χ4n) is 1.81. The van der Waals surface area contributed by atoms with Gasteiger partial charge in [0.05, 0.1) is 17.3 Å². The van der Waals surface area contributed by atoms with Crippen molar-refractivity contribution < 1.29 is 4.79 Å². The average Bonchev–Trinajstić information content (AvgIpc) is 2.44. The van der Waals surface area contributed by atoms with Crippen molar-refractivity contribution >= 4 is 34.8 Å². The van der Waals surface area contributed by atoms with E-state index in [0.29, 0.717) is 22.3 Å². The van der Waals surface area contributed by atoms with Gasteiger partial charge in [0.1, 0.15) is 0 Å². The van der Waals surface area contributed by atoms with Gasteiger partial charge in [0.2, 0.25) is 5.91 Å². The molecule has 2 aromatic carbocycles. The largest absolute Gasteiger partial charge is 0.324 e. The number of hydrogen-bond donors (Lipinski definition) is 2. The zero-order chi connectivity index (χ0) is 15.2. The molecule has 0 fully saturated rings. The molecule has 0 saturated heterocycles. The highest BCUT2D eigenvalue weighted by molar-refractivity contribution is 6.36. The van der Waals surface area contributed by atoms with Gasteiger partial charge in [-0.25, -0.2) is 0 Å². The Morgan fingerprint density at radius 1 is 1.10 bits per heavy atom. The van der Waals surface area contributed by atoms with Crippen LogP contribution in [0.2, 0.25) is 10.0 Å². The lowest BCUT2D eigenvalue weighted by atomic mass is 10.1. The summed E-state index contributed by atoms with van der Waals surface area (Å²) in [6.45, 7) is 2.90. The third kappa shape index (κ3) is 5.05. The number of anilines is 1. The Kier molecular flexibility index (Phi) is 5.62. The van der Waals surface area contributed by atoms with Crippen molar-refractivity contribution in [1.29, 1.82) is 0 Å². The second kappa shape index (κ2) is 7.46. The molecule has 5 heteroatoms. The third-order valence-corrected chi connectivity index (χ3v) is 3.49. The molecule has 1 amide bonds. The van der Waals surface area contributed by atoms with Crippen LogP contribution >= 0.6 is 23.2 Å². The maximum atomic E-state index is 11.8. The summed E-state index contributed by atoms with van der Waals surface area (Å²) < 4.78 is 0. The number of nitrogens with one attached hydrogen (secondary N) is 2. The van der Waals surface area contributed by atoms with E-state index in [0.717, 1.165) is 5.56 Å². The summed E-state index contributed by atoms with van der Waals surface area (Å²) >= 11 is 11.8. The summed E-state index contributed by atoms with van der Waals surface area (Å²) in [5.74, 6) is -0.147. The minimum absolute atomic E-state index is 0.147. The van der Waals surface area contributed by atoms with E-state index in [1.54, 1.807) is 18.2 Å². The normalized spacial score (nSPS) is 10.4. The van der Waals surface area contributed by atoms with Crippen molar-refractivity contribution in [3.05, 3.63) is 63.6 Å². The van der Waals surface area contributed by atoms with Gasteiger partial charge in [0.25, 0.3) is 0 Å². The second-order valence-electron chi connectivity index (χ2n) is 4.76. The Labute approximate surface area is 134 Å². The number of carbonyl (C=O) groups is 1. The van der Waals surface area contributed by atoms with Crippen LogP contribution in [0.15, 0.2) is 42.5 Å². The van der Waals surface area contributed by atoms with E-state index in [1.807, 2.05) is 31.2 Å². The minimum Gasteiger partial charge on any atom is -0.324 e. The van der Waals surface area contributed by atoms with E-state index in [-0.39, 0.29) is 12.5 Å². The van der Waals surface area contributed by atoms with E-state index < -0.39 is 0 Å². The molecular weight excluding hydrogens is 307 g/mol. The molecule has 0 heterocycles. The summed E-state index contributed by atoms with van der Waals surface area (Å²) in [6, 6.07) is 13.1. The summed E-state index contributed by atoms with van der Waals surface area (Å²) in [5.41, 5.74) is 2.91. The van der Waals surface area contributed by atoms with E-state index in [4.69, 9.17) is 23.2 Å². The molecule has 0 atom stereocenters. The standard InChI is InChI=1S/C16H16Cl2N2O/c1-11-2-4-12(5-3-11)9-19-10-16(21)20-15-7-6-13(17)8-14(15)18/h2-8,19H,9-10H2,1H3,(H,20,21). The first-order valence-electron chi connectivity index (χ1n) is 6.56. The highest BCUT2D eigenvalue weighted by atomic mass is 35.5. The Balaban J connectivity index is 1.81. The van der Waals surface area contributed by atoms with Crippen LogP contribution in [0.5, 0.6) is 0 Å². The number of benzene rings is 2. The minimum atomic E-state index is -0.147. The fraction of sp³-hybridized carbons (Fsp3) is 0.188. The van der Waals surface area contributed by atoms with Crippen LogP contribution in [0.4, 0.5) is 5.69 Å². The van der Waals surface area contributed by atoms with E-state index in [2.05, 4.69) is 10.6 Å². The predicted molar refractivity (Wildman–Crippen MR) is 88.0 cm³/mol. The summed E-state index contributed by atoms with van der Waals surface area (Å²) in [7, 11) is 0. The Morgan fingerprint density at radius 3 is 2.48 bits per heavy atom. The SMILES string of the molecule is Cc1ccc(CNCC(=O)Nc2ccc(Cl)cc2Cl)cc1. The van der Waals surface area contributed by atoms with Gasteiger partial charge < -0.3 is 10.6 Å². The lowest BCUT2D eigenvalue weighted by molar-refractivity contribution is -0.115. The molecule has 0 aromatic heterocycles. The molecule has 21 heavy (non-hydrogen) atoms. The number of amides is 1. The second-order valence-corrected chi connectivity index (χ2v) is 5.61. The fourth-order valence-corrected chi connectivity index (χ4v) is 2.27. The molecule has 0 unspecified atom stereocenters. The number of halogens is 2. The highest BCUT2D eigenvalue weighted by Crippen LogP contribution is 2.25. The maximum absolute atomic E-state index is 11.8. The topological polar surface area (TPSA) is 41.1 Å². The first-order valence-corrected chi connectivity index (χ1v) is 7.31.